The van der Waals surface area contributed by atoms with Crippen LogP contribution in [0.5, 0.6) is 0 Å². The fourth-order valence-corrected chi connectivity index (χ4v) is 6.39. The Morgan fingerprint density at radius 3 is 1.47 bits per heavy atom. The lowest BCUT2D eigenvalue weighted by Crippen LogP contribution is -2.25. The highest BCUT2D eigenvalue weighted by atomic mass is 14.9. The minimum absolute atomic E-state index is 0.266. The molecule has 7 rings (SSSR count). The molecule has 2 aliphatic carbocycles. The largest absolute Gasteiger partial charge is 0.355 e. The molecule has 0 bridgehead atoms. The summed E-state index contributed by atoms with van der Waals surface area (Å²) in [6.07, 6.45) is 0. The molecule has 1 nitrogen and oxygen atoms in total. The van der Waals surface area contributed by atoms with Crippen LogP contribution in [-0.4, -0.2) is 0 Å². The van der Waals surface area contributed by atoms with Crippen LogP contribution in [0.25, 0.3) is 22.3 Å². The number of benzene rings is 5. The third kappa shape index (κ3) is 2.50. The van der Waals surface area contributed by atoms with Crippen molar-refractivity contribution in [3.63, 3.8) is 0 Å². The van der Waals surface area contributed by atoms with Crippen molar-refractivity contribution in [3.8, 4) is 22.3 Å². The van der Waals surface area contributed by atoms with Crippen molar-refractivity contribution in [2.45, 2.75) is 19.3 Å². The first kappa shape index (κ1) is 19.4. The van der Waals surface area contributed by atoms with E-state index in [1.54, 1.807) is 0 Å². The molecule has 0 amide bonds. The quantitative estimate of drug-likeness (QED) is 0.287. The Kier molecular flexibility index (Phi) is 3.96. The number of hydrogen-bond acceptors (Lipinski definition) is 1. The van der Waals surface area contributed by atoms with Crippen LogP contribution in [0.4, 0.5) is 11.4 Å². The minimum Gasteiger partial charge on any atom is -0.355 e. The molecular formula is C33H25N. The van der Waals surface area contributed by atoms with Crippen LogP contribution in [-0.2, 0) is 5.41 Å². The number of aryl methyl sites for hydroxylation is 2. The molecule has 162 valence electrons. The molecule has 1 N–H and O–H groups in total. The van der Waals surface area contributed by atoms with Gasteiger partial charge in [-0.15, -0.1) is 0 Å². The molecule has 0 saturated heterocycles. The number of anilines is 2. The normalized spacial score (nSPS) is 13.8. The first-order chi connectivity index (χ1) is 16.7. The zero-order valence-corrected chi connectivity index (χ0v) is 19.4. The van der Waals surface area contributed by atoms with Gasteiger partial charge in [-0.05, 0) is 93.7 Å². The second-order valence-electron chi connectivity index (χ2n) is 9.65. The van der Waals surface area contributed by atoms with E-state index in [4.69, 9.17) is 0 Å². The fraction of sp³-hybridized carbons (Fsp3) is 0.0909. The van der Waals surface area contributed by atoms with Crippen LogP contribution in [0, 0.1) is 13.8 Å². The summed E-state index contributed by atoms with van der Waals surface area (Å²) in [7, 11) is 0. The summed E-state index contributed by atoms with van der Waals surface area (Å²) >= 11 is 0. The van der Waals surface area contributed by atoms with E-state index in [0.717, 1.165) is 11.4 Å². The van der Waals surface area contributed by atoms with E-state index < -0.39 is 0 Å². The maximum absolute atomic E-state index is 3.66. The van der Waals surface area contributed by atoms with Crippen molar-refractivity contribution in [3.05, 3.63) is 143 Å². The monoisotopic (exact) mass is 435 g/mol. The summed E-state index contributed by atoms with van der Waals surface area (Å²) in [6.45, 7) is 4.30. The molecule has 34 heavy (non-hydrogen) atoms. The van der Waals surface area contributed by atoms with Gasteiger partial charge in [0.2, 0.25) is 0 Å². The van der Waals surface area contributed by atoms with Gasteiger partial charge < -0.3 is 5.32 Å². The lowest BCUT2D eigenvalue weighted by atomic mass is 9.70. The highest BCUT2D eigenvalue weighted by Gasteiger charge is 2.51. The first-order valence-corrected chi connectivity index (χ1v) is 12.0. The van der Waals surface area contributed by atoms with Gasteiger partial charge in [0.05, 0.1) is 5.41 Å². The van der Waals surface area contributed by atoms with Crippen molar-refractivity contribution in [1.82, 2.24) is 0 Å². The van der Waals surface area contributed by atoms with Gasteiger partial charge >= 0.3 is 0 Å². The SMILES string of the molecule is Cc1cc(C)cc(Nc2ccc3c(c2)-c2ccccc2C32c3ccccc3-c3ccccc32)c1. The Bertz CT molecular complexity index is 1540. The molecule has 0 unspecified atom stereocenters. The second-order valence-corrected chi connectivity index (χ2v) is 9.65. The second kappa shape index (κ2) is 6.95. The lowest BCUT2D eigenvalue weighted by Gasteiger charge is -2.30. The van der Waals surface area contributed by atoms with E-state index in [-0.39, 0.29) is 5.41 Å². The molecule has 0 aromatic heterocycles. The van der Waals surface area contributed by atoms with Crippen LogP contribution in [0.3, 0.4) is 0 Å². The predicted octanol–water partition coefficient (Wildman–Crippen LogP) is 8.39. The maximum Gasteiger partial charge on any atom is 0.0725 e. The Morgan fingerprint density at radius 1 is 0.441 bits per heavy atom. The van der Waals surface area contributed by atoms with Crippen LogP contribution < -0.4 is 5.32 Å². The van der Waals surface area contributed by atoms with E-state index in [9.17, 15) is 0 Å². The maximum atomic E-state index is 3.66. The van der Waals surface area contributed by atoms with E-state index in [1.165, 1.54) is 55.6 Å². The Balaban J connectivity index is 1.49. The molecule has 0 atom stereocenters. The third-order valence-electron chi connectivity index (χ3n) is 7.51. The van der Waals surface area contributed by atoms with Gasteiger partial charge in [-0.1, -0.05) is 84.9 Å². The molecule has 0 saturated carbocycles. The van der Waals surface area contributed by atoms with Crippen LogP contribution >= 0.6 is 0 Å². The van der Waals surface area contributed by atoms with Crippen molar-refractivity contribution >= 4 is 11.4 Å². The van der Waals surface area contributed by atoms with Crippen molar-refractivity contribution < 1.29 is 0 Å². The fourth-order valence-electron chi connectivity index (χ4n) is 6.39. The molecule has 5 aromatic rings. The van der Waals surface area contributed by atoms with Crippen molar-refractivity contribution in [2.75, 3.05) is 5.32 Å². The van der Waals surface area contributed by atoms with Crippen molar-refractivity contribution in [2.24, 2.45) is 0 Å². The average Bonchev–Trinajstić information content (AvgIpc) is 3.31. The third-order valence-corrected chi connectivity index (χ3v) is 7.51. The average molecular weight is 436 g/mol. The lowest BCUT2D eigenvalue weighted by molar-refractivity contribution is 0.794. The van der Waals surface area contributed by atoms with Gasteiger partial charge in [0.25, 0.3) is 0 Å². The Hall–Kier alpha value is -4.10. The van der Waals surface area contributed by atoms with Gasteiger partial charge in [0.1, 0.15) is 0 Å². The van der Waals surface area contributed by atoms with Gasteiger partial charge in [0.15, 0.2) is 0 Å². The number of hydrogen-bond donors (Lipinski definition) is 1. The summed E-state index contributed by atoms with van der Waals surface area (Å²) in [6, 6.07) is 40.4. The van der Waals surface area contributed by atoms with Crippen molar-refractivity contribution in [1.29, 1.82) is 0 Å². The molecule has 0 heterocycles. The van der Waals surface area contributed by atoms with Gasteiger partial charge in [-0.2, -0.15) is 0 Å². The van der Waals surface area contributed by atoms with Gasteiger partial charge in [-0.3, -0.25) is 0 Å². The van der Waals surface area contributed by atoms with E-state index in [1.807, 2.05) is 0 Å². The molecule has 0 aliphatic heterocycles. The zero-order chi connectivity index (χ0) is 22.9. The van der Waals surface area contributed by atoms with E-state index in [0.29, 0.717) is 0 Å². The summed E-state index contributed by atoms with van der Waals surface area (Å²) < 4.78 is 0. The highest BCUT2D eigenvalue weighted by molar-refractivity contribution is 5.95. The predicted molar refractivity (Wildman–Crippen MR) is 142 cm³/mol. The summed E-state index contributed by atoms with van der Waals surface area (Å²) in [5, 5.41) is 3.66. The van der Waals surface area contributed by atoms with E-state index >= 15 is 0 Å². The van der Waals surface area contributed by atoms with Crippen LogP contribution in [0.2, 0.25) is 0 Å². The molecule has 2 aliphatic rings. The minimum atomic E-state index is -0.266. The molecule has 5 aromatic carbocycles. The highest BCUT2D eigenvalue weighted by Crippen LogP contribution is 2.62. The smallest absolute Gasteiger partial charge is 0.0725 e. The Labute approximate surface area is 200 Å². The first-order valence-electron chi connectivity index (χ1n) is 12.0. The van der Waals surface area contributed by atoms with Crippen LogP contribution in [0.1, 0.15) is 33.4 Å². The number of nitrogens with one attached hydrogen (secondary N) is 1. The molecular weight excluding hydrogens is 410 g/mol. The molecule has 0 radical (unpaired) electrons. The molecule has 1 heteroatoms. The molecule has 0 fully saturated rings. The Morgan fingerprint density at radius 2 is 0.912 bits per heavy atom. The van der Waals surface area contributed by atoms with Gasteiger partial charge in [0, 0.05) is 11.4 Å². The summed E-state index contributed by atoms with van der Waals surface area (Å²) in [4.78, 5) is 0. The molecule has 1 spiro atoms. The number of fused-ring (bicyclic) bond motifs is 10. The van der Waals surface area contributed by atoms with Crippen LogP contribution in [0.15, 0.2) is 109 Å². The topological polar surface area (TPSA) is 12.0 Å². The van der Waals surface area contributed by atoms with E-state index in [2.05, 4.69) is 128 Å². The standard InChI is InChI=1S/C33H25N/c1-21-17-22(2)19-24(18-21)34-23-15-16-32-28(20-23)27-11-5-8-14-31(27)33(32)29-12-6-3-9-25(29)26-10-4-7-13-30(26)33/h3-20,34H,1-2H3. The van der Waals surface area contributed by atoms with Gasteiger partial charge in [-0.25, -0.2) is 0 Å². The summed E-state index contributed by atoms with van der Waals surface area (Å²) in [5.41, 5.74) is 15.4. The zero-order valence-electron chi connectivity index (χ0n) is 19.4. The number of rotatable bonds is 2. The summed E-state index contributed by atoms with van der Waals surface area (Å²) in [5.74, 6) is 0.